The van der Waals surface area contributed by atoms with Crippen LogP contribution in [0.5, 0.6) is 0 Å². The molecule has 1 heterocycles. The van der Waals surface area contributed by atoms with E-state index in [1.54, 1.807) is 6.20 Å². The molecule has 1 fully saturated rings. The Kier molecular flexibility index (Phi) is 4.00. The fourth-order valence-corrected chi connectivity index (χ4v) is 2.21. The second-order valence-electron chi connectivity index (χ2n) is 5.03. The molecule has 1 N–H and O–H groups in total. The van der Waals surface area contributed by atoms with Crippen LogP contribution >= 0.6 is 0 Å². The van der Waals surface area contributed by atoms with Crippen LogP contribution in [0.15, 0.2) is 12.3 Å². The maximum atomic E-state index is 9.10. The first kappa shape index (κ1) is 12.4. The Morgan fingerprint density at radius 3 is 2.76 bits per heavy atom. The molecule has 1 aromatic rings. The fourth-order valence-electron chi connectivity index (χ4n) is 2.21. The first-order valence-electron chi connectivity index (χ1n) is 6.56. The lowest BCUT2D eigenvalue weighted by Gasteiger charge is -2.25. The average molecular weight is 234 g/mol. The summed E-state index contributed by atoms with van der Waals surface area (Å²) in [6.07, 6.45) is 5.68. The number of aromatic nitrogens is 1. The van der Waals surface area contributed by atoms with Crippen molar-refractivity contribution in [3.8, 4) is 0 Å². The van der Waals surface area contributed by atoms with Gasteiger partial charge in [0.15, 0.2) is 0 Å². The Morgan fingerprint density at radius 2 is 2.24 bits per heavy atom. The van der Waals surface area contributed by atoms with Gasteiger partial charge in [0.05, 0.1) is 6.61 Å². The van der Waals surface area contributed by atoms with E-state index in [0.717, 1.165) is 36.8 Å². The van der Waals surface area contributed by atoms with Gasteiger partial charge in [-0.3, -0.25) is 0 Å². The molecule has 0 unspecified atom stereocenters. The molecule has 2 rings (SSSR count). The second-order valence-corrected chi connectivity index (χ2v) is 5.03. The van der Waals surface area contributed by atoms with Crippen LogP contribution in [-0.4, -0.2) is 23.2 Å². The van der Waals surface area contributed by atoms with Gasteiger partial charge in [-0.05, 0) is 49.3 Å². The van der Waals surface area contributed by atoms with E-state index in [2.05, 4.69) is 23.7 Å². The highest BCUT2D eigenvalue weighted by atomic mass is 16.3. The van der Waals surface area contributed by atoms with Gasteiger partial charge < -0.3 is 10.0 Å². The van der Waals surface area contributed by atoms with Gasteiger partial charge in [-0.2, -0.15) is 0 Å². The molecule has 1 saturated carbocycles. The monoisotopic (exact) mass is 234 g/mol. The van der Waals surface area contributed by atoms with E-state index in [9.17, 15) is 0 Å². The summed E-state index contributed by atoms with van der Waals surface area (Å²) in [6.45, 7) is 6.57. The fraction of sp³-hybridized carbons (Fsp3) is 0.643. The van der Waals surface area contributed by atoms with Crippen molar-refractivity contribution < 1.29 is 5.11 Å². The third-order valence-electron chi connectivity index (χ3n) is 3.26. The number of aliphatic hydroxyl groups excluding tert-OH is 1. The summed E-state index contributed by atoms with van der Waals surface area (Å²) in [5.74, 6) is 1.97. The molecular formula is C14H22N2O. The summed E-state index contributed by atoms with van der Waals surface area (Å²) in [4.78, 5) is 6.91. The number of hydrogen-bond acceptors (Lipinski definition) is 3. The zero-order chi connectivity index (χ0) is 12.3. The Labute approximate surface area is 103 Å². The molecule has 1 aromatic heterocycles. The molecule has 1 aliphatic rings. The van der Waals surface area contributed by atoms with Crippen LogP contribution in [0.3, 0.4) is 0 Å². The maximum Gasteiger partial charge on any atom is 0.131 e. The van der Waals surface area contributed by atoms with E-state index < -0.39 is 0 Å². The Balaban J connectivity index is 2.15. The first-order valence-corrected chi connectivity index (χ1v) is 6.56. The maximum absolute atomic E-state index is 9.10. The average Bonchev–Trinajstić information content (AvgIpc) is 3.12. The first-order chi connectivity index (χ1) is 8.24. The van der Waals surface area contributed by atoms with Crippen molar-refractivity contribution in [3.63, 3.8) is 0 Å². The predicted octanol–water partition coefficient (Wildman–Crippen LogP) is 2.51. The predicted molar refractivity (Wildman–Crippen MR) is 70.1 cm³/mol. The molecule has 17 heavy (non-hydrogen) atoms. The normalized spacial score (nSPS) is 15.0. The van der Waals surface area contributed by atoms with Crippen LogP contribution in [0.25, 0.3) is 0 Å². The van der Waals surface area contributed by atoms with Crippen LogP contribution in [0, 0.1) is 12.8 Å². The number of rotatable bonds is 6. The lowest BCUT2D eigenvalue weighted by Crippen LogP contribution is -2.28. The van der Waals surface area contributed by atoms with Crippen molar-refractivity contribution in [1.29, 1.82) is 0 Å². The van der Waals surface area contributed by atoms with Gasteiger partial charge in [0.1, 0.15) is 5.82 Å². The highest BCUT2D eigenvalue weighted by Gasteiger charge is 2.25. The van der Waals surface area contributed by atoms with Crippen molar-refractivity contribution in [1.82, 2.24) is 4.98 Å². The number of hydrogen-bond donors (Lipinski definition) is 1. The van der Waals surface area contributed by atoms with Crippen LogP contribution in [-0.2, 0) is 6.61 Å². The second kappa shape index (κ2) is 5.50. The molecule has 1 aliphatic carbocycles. The lowest BCUT2D eigenvalue weighted by molar-refractivity contribution is 0.281. The summed E-state index contributed by atoms with van der Waals surface area (Å²) < 4.78 is 0. The summed E-state index contributed by atoms with van der Waals surface area (Å²) in [5, 5.41) is 9.10. The standard InChI is InChI=1S/C14H22N2O/c1-3-6-16(9-12-4-5-12)14-11(2)7-13(10-17)8-15-14/h7-8,12,17H,3-6,9-10H2,1-2H3. The van der Waals surface area contributed by atoms with Crippen molar-refractivity contribution in [2.45, 2.75) is 39.7 Å². The molecular weight excluding hydrogens is 212 g/mol. The number of nitrogens with zero attached hydrogens (tertiary/aromatic N) is 2. The molecule has 0 aromatic carbocycles. The van der Waals surface area contributed by atoms with Gasteiger partial charge in [0, 0.05) is 19.3 Å². The van der Waals surface area contributed by atoms with Gasteiger partial charge in [-0.1, -0.05) is 6.92 Å². The van der Waals surface area contributed by atoms with E-state index in [1.807, 2.05) is 6.07 Å². The van der Waals surface area contributed by atoms with Crippen molar-refractivity contribution in [2.75, 3.05) is 18.0 Å². The number of aliphatic hydroxyl groups is 1. The minimum absolute atomic E-state index is 0.0739. The Hall–Kier alpha value is -1.09. The summed E-state index contributed by atoms with van der Waals surface area (Å²) in [6, 6.07) is 2.04. The van der Waals surface area contributed by atoms with Crippen molar-refractivity contribution in [2.24, 2.45) is 5.92 Å². The molecule has 0 bridgehead atoms. The zero-order valence-electron chi connectivity index (χ0n) is 10.8. The lowest BCUT2D eigenvalue weighted by atomic mass is 10.2. The molecule has 3 heteroatoms. The summed E-state index contributed by atoms with van der Waals surface area (Å²) in [5.41, 5.74) is 2.07. The van der Waals surface area contributed by atoms with E-state index in [-0.39, 0.29) is 6.61 Å². The molecule has 3 nitrogen and oxygen atoms in total. The SMILES string of the molecule is CCCN(CC1CC1)c1ncc(CO)cc1C. The molecule has 0 atom stereocenters. The van der Waals surface area contributed by atoms with E-state index in [1.165, 1.54) is 18.4 Å². The largest absolute Gasteiger partial charge is 0.392 e. The van der Waals surface area contributed by atoms with Gasteiger partial charge in [0.2, 0.25) is 0 Å². The minimum atomic E-state index is 0.0739. The van der Waals surface area contributed by atoms with Gasteiger partial charge in [-0.15, -0.1) is 0 Å². The number of pyridine rings is 1. The van der Waals surface area contributed by atoms with Gasteiger partial charge in [0.25, 0.3) is 0 Å². The van der Waals surface area contributed by atoms with E-state index in [4.69, 9.17) is 5.11 Å². The van der Waals surface area contributed by atoms with Gasteiger partial charge >= 0.3 is 0 Å². The minimum Gasteiger partial charge on any atom is -0.392 e. The van der Waals surface area contributed by atoms with Crippen LogP contribution in [0.1, 0.15) is 37.3 Å². The topological polar surface area (TPSA) is 36.4 Å². The van der Waals surface area contributed by atoms with Crippen LogP contribution < -0.4 is 4.90 Å². The zero-order valence-corrected chi connectivity index (χ0v) is 10.8. The number of aryl methyl sites for hydroxylation is 1. The van der Waals surface area contributed by atoms with Crippen LogP contribution in [0.4, 0.5) is 5.82 Å². The molecule has 94 valence electrons. The van der Waals surface area contributed by atoms with Crippen LogP contribution in [0.2, 0.25) is 0 Å². The third-order valence-corrected chi connectivity index (χ3v) is 3.26. The smallest absolute Gasteiger partial charge is 0.131 e. The highest BCUT2D eigenvalue weighted by Crippen LogP contribution is 2.31. The quantitative estimate of drug-likeness (QED) is 0.821. The molecule has 0 amide bonds. The summed E-state index contributed by atoms with van der Waals surface area (Å²) in [7, 11) is 0. The van der Waals surface area contributed by atoms with Gasteiger partial charge in [-0.25, -0.2) is 4.98 Å². The highest BCUT2D eigenvalue weighted by molar-refractivity contribution is 5.47. The van der Waals surface area contributed by atoms with Crippen molar-refractivity contribution in [3.05, 3.63) is 23.4 Å². The molecule has 0 aliphatic heterocycles. The molecule has 0 saturated heterocycles. The van der Waals surface area contributed by atoms with E-state index >= 15 is 0 Å². The Morgan fingerprint density at radius 1 is 1.47 bits per heavy atom. The van der Waals surface area contributed by atoms with Crippen molar-refractivity contribution >= 4 is 5.82 Å². The van der Waals surface area contributed by atoms with E-state index in [0.29, 0.717) is 0 Å². The molecule has 0 radical (unpaired) electrons. The third kappa shape index (κ3) is 3.19. The Bertz CT molecular complexity index is 374. The summed E-state index contributed by atoms with van der Waals surface area (Å²) >= 11 is 0. The molecule has 0 spiro atoms. The number of anilines is 1.